The molecule has 0 radical (unpaired) electrons. The predicted molar refractivity (Wildman–Crippen MR) is 45.8 cm³/mol. The summed E-state index contributed by atoms with van der Waals surface area (Å²) in [5.41, 5.74) is 0. The van der Waals surface area contributed by atoms with Gasteiger partial charge in [0.05, 0.1) is 0 Å². The molecule has 0 unspecified atom stereocenters. The molecule has 1 heteroatoms. The molecule has 54 valence electrons. The maximum atomic E-state index is 1.53. The monoisotopic (exact) mass is 144 g/mol. The average Bonchev–Trinajstić information content (AvgIpc) is 2.00. The van der Waals surface area contributed by atoms with Crippen molar-refractivity contribution in [2.75, 3.05) is 12.3 Å². The van der Waals surface area contributed by atoms with E-state index in [1.54, 1.807) is 0 Å². The second kappa shape index (κ2) is 5.23. The topological polar surface area (TPSA) is 0 Å². The van der Waals surface area contributed by atoms with Crippen LogP contribution in [-0.2, 0) is 0 Å². The molecule has 1 aliphatic heterocycles. The lowest BCUT2D eigenvalue weighted by molar-refractivity contribution is 0.636. The van der Waals surface area contributed by atoms with E-state index in [-0.39, 0.29) is 0 Å². The molecule has 0 aromatic carbocycles. The first kappa shape index (κ1) is 7.54. The first-order chi connectivity index (χ1) is 4.50. The Morgan fingerprint density at radius 2 is 1.00 bits per heavy atom. The lowest BCUT2D eigenvalue weighted by Crippen LogP contribution is -1.76. The van der Waals surface area contributed by atoms with E-state index in [0.717, 1.165) is 0 Å². The van der Waals surface area contributed by atoms with Gasteiger partial charge in [0.1, 0.15) is 0 Å². The van der Waals surface area contributed by atoms with E-state index in [1.165, 1.54) is 59.4 Å². The first-order valence-corrected chi connectivity index (χ1v) is 5.62. The molecule has 0 nitrogen and oxygen atoms in total. The van der Waals surface area contributed by atoms with Crippen LogP contribution in [0.5, 0.6) is 0 Å². The van der Waals surface area contributed by atoms with Crippen LogP contribution < -0.4 is 0 Å². The van der Waals surface area contributed by atoms with E-state index < -0.39 is 0 Å². The van der Waals surface area contributed by atoms with Gasteiger partial charge in [-0.1, -0.05) is 25.7 Å². The minimum Gasteiger partial charge on any atom is -0.122 e. The fraction of sp³-hybridized carbons (Fsp3) is 1.00. The molecule has 1 aliphatic rings. The molecule has 0 aromatic rings. The number of hydrogen-bond donors (Lipinski definition) is 0. The lowest BCUT2D eigenvalue weighted by atomic mass is 10.1. The Balaban J connectivity index is 2.02. The maximum absolute atomic E-state index is 1.53. The Kier molecular flexibility index (Phi) is 4.38. The molecule has 0 amide bonds. The van der Waals surface area contributed by atoms with Gasteiger partial charge in [-0.2, -0.15) is 0 Å². The molecule has 1 heterocycles. The molecule has 0 aromatic heterocycles. The SMILES string of the molecule is C1CCCCPCCC1. The van der Waals surface area contributed by atoms with Gasteiger partial charge in [-0.3, -0.25) is 0 Å². The highest BCUT2D eigenvalue weighted by Crippen LogP contribution is 2.20. The van der Waals surface area contributed by atoms with Gasteiger partial charge in [-0.15, -0.1) is 8.58 Å². The largest absolute Gasteiger partial charge is 0.122 e. The Morgan fingerprint density at radius 1 is 0.556 bits per heavy atom. The molecule has 1 rings (SSSR count). The second-order valence-corrected chi connectivity index (χ2v) is 4.37. The van der Waals surface area contributed by atoms with Crippen LogP contribution >= 0.6 is 8.58 Å². The third-order valence-electron chi connectivity index (χ3n) is 1.96. The summed E-state index contributed by atoms with van der Waals surface area (Å²) in [4.78, 5) is 0. The van der Waals surface area contributed by atoms with Crippen LogP contribution in [0.15, 0.2) is 0 Å². The fourth-order valence-electron chi connectivity index (χ4n) is 1.33. The highest BCUT2D eigenvalue weighted by molar-refractivity contribution is 7.37. The molecule has 0 spiro atoms. The minimum absolute atomic E-state index is 1.29. The van der Waals surface area contributed by atoms with Crippen LogP contribution in [0.25, 0.3) is 0 Å². The fourth-order valence-corrected chi connectivity index (χ4v) is 2.58. The van der Waals surface area contributed by atoms with Crippen LogP contribution in [-0.4, -0.2) is 12.3 Å². The molecule has 0 saturated carbocycles. The molecule has 0 bridgehead atoms. The Morgan fingerprint density at radius 3 is 1.56 bits per heavy atom. The summed E-state index contributed by atoms with van der Waals surface area (Å²) in [6.07, 6.45) is 12.1. The summed E-state index contributed by atoms with van der Waals surface area (Å²) in [5, 5.41) is 0. The van der Waals surface area contributed by atoms with Crippen molar-refractivity contribution in [3.63, 3.8) is 0 Å². The van der Waals surface area contributed by atoms with Gasteiger partial charge in [0.15, 0.2) is 0 Å². The molecule has 0 N–H and O–H groups in total. The first-order valence-electron chi connectivity index (χ1n) is 4.21. The molecule has 1 fully saturated rings. The van der Waals surface area contributed by atoms with Crippen molar-refractivity contribution in [2.45, 2.75) is 38.5 Å². The van der Waals surface area contributed by atoms with E-state index >= 15 is 0 Å². The van der Waals surface area contributed by atoms with Gasteiger partial charge in [0.25, 0.3) is 0 Å². The normalized spacial score (nSPS) is 24.0. The Bertz CT molecular complexity index is 33.1. The summed E-state index contributed by atoms with van der Waals surface area (Å²) in [6, 6.07) is 0. The molecule has 0 atom stereocenters. The Hall–Kier alpha value is 0.430. The summed E-state index contributed by atoms with van der Waals surface area (Å²) in [7, 11) is 1.29. The maximum Gasteiger partial charge on any atom is -0.0353 e. The molecule has 0 aliphatic carbocycles. The third kappa shape index (κ3) is 3.92. The zero-order chi connectivity index (χ0) is 6.36. The van der Waals surface area contributed by atoms with Crippen molar-refractivity contribution in [2.24, 2.45) is 0 Å². The average molecular weight is 144 g/mol. The van der Waals surface area contributed by atoms with Crippen LogP contribution in [0.4, 0.5) is 0 Å². The standard InChI is InChI=1S/C8H17P/c1-2-4-6-8-9-7-5-3-1/h9H,1-8H2. The van der Waals surface area contributed by atoms with Gasteiger partial charge >= 0.3 is 0 Å². The highest BCUT2D eigenvalue weighted by Gasteiger charge is 1.95. The van der Waals surface area contributed by atoms with Gasteiger partial charge in [0, 0.05) is 0 Å². The van der Waals surface area contributed by atoms with E-state index in [0.29, 0.717) is 0 Å². The lowest BCUT2D eigenvalue weighted by Gasteiger charge is -1.94. The van der Waals surface area contributed by atoms with E-state index in [9.17, 15) is 0 Å². The van der Waals surface area contributed by atoms with Crippen molar-refractivity contribution in [1.82, 2.24) is 0 Å². The summed E-state index contributed by atoms with van der Waals surface area (Å²) in [5.74, 6) is 0. The quantitative estimate of drug-likeness (QED) is 0.458. The minimum atomic E-state index is 1.29. The van der Waals surface area contributed by atoms with E-state index in [1.807, 2.05) is 0 Å². The Labute approximate surface area is 60.2 Å². The molecule has 9 heavy (non-hydrogen) atoms. The second-order valence-electron chi connectivity index (χ2n) is 2.87. The predicted octanol–water partition coefficient (Wildman–Crippen LogP) is 3.02. The number of rotatable bonds is 0. The van der Waals surface area contributed by atoms with Crippen molar-refractivity contribution in [3.8, 4) is 0 Å². The zero-order valence-corrected chi connectivity index (χ0v) is 7.16. The van der Waals surface area contributed by atoms with Gasteiger partial charge in [0.2, 0.25) is 0 Å². The van der Waals surface area contributed by atoms with Crippen LogP contribution in [0, 0.1) is 0 Å². The molecule has 1 saturated heterocycles. The zero-order valence-electron chi connectivity index (χ0n) is 6.16. The van der Waals surface area contributed by atoms with Crippen molar-refractivity contribution in [1.29, 1.82) is 0 Å². The van der Waals surface area contributed by atoms with Crippen molar-refractivity contribution < 1.29 is 0 Å². The summed E-state index contributed by atoms with van der Waals surface area (Å²) < 4.78 is 0. The van der Waals surface area contributed by atoms with Crippen LogP contribution in [0.3, 0.4) is 0 Å². The van der Waals surface area contributed by atoms with E-state index in [4.69, 9.17) is 0 Å². The smallest absolute Gasteiger partial charge is 0.0353 e. The van der Waals surface area contributed by atoms with Gasteiger partial charge in [-0.25, -0.2) is 0 Å². The highest BCUT2D eigenvalue weighted by atomic mass is 31.1. The van der Waals surface area contributed by atoms with Crippen LogP contribution in [0.2, 0.25) is 0 Å². The summed E-state index contributed by atoms with van der Waals surface area (Å²) in [6.45, 7) is 0. The van der Waals surface area contributed by atoms with E-state index in [2.05, 4.69) is 0 Å². The van der Waals surface area contributed by atoms with Gasteiger partial charge in [-0.05, 0) is 25.2 Å². The van der Waals surface area contributed by atoms with Crippen LogP contribution in [0.1, 0.15) is 38.5 Å². The number of hydrogen-bond acceptors (Lipinski definition) is 0. The van der Waals surface area contributed by atoms with Crippen molar-refractivity contribution >= 4 is 8.58 Å². The molecular weight excluding hydrogens is 127 g/mol. The third-order valence-corrected chi connectivity index (χ3v) is 3.37. The van der Waals surface area contributed by atoms with Crippen molar-refractivity contribution in [3.05, 3.63) is 0 Å². The molecular formula is C8H17P. The van der Waals surface area contributed by atoms with Gasteiger partial charge < -0.3 is 0 Å². The summed E-state index contributed by atoms with van der Waals surface area (Å²) >= 11 is 0.